The molecule has 38 heavy (non-hydrogen) atoms. The number of piperidine rings is 1. The van der Waals surface area contributed by atoms with Gasteiger partial charge in [-0.25, -0.2) is 0 Å². The molecule has 196 valence electrons. The smallest absolute Gasteiger partial charge is 0.254 e. The zero-order valence-electron chi connectivity index (χ0n) is 22.1. The van der Waals surface area contributed by atoms with Gasteiger partial charge in [-0.15, -0.1) is 0 Å². The van der Waals surface area contributed by atoms with E-state index in [0.717, 1.165) is 49.9 Å². The molecule has 3 aliphatic rings. The van der Waals surface area contributed by atoms with Crippen molar-refractivity contribution in [3.05, 3.63) is 94.5 Å². The third-order valence-electron chi connectivity index (χ3n) is 8.59. The topological polar surface area (TPSA) is 59.1 Å². The first-order chi connectivity index (χ1) is 18.6. The minimum Gasteiger partial charge on any atom is -0.493 e. The molecule has 0 aromatic heterocycles. The molecule has 3 heterocycles. The Morgan fingerprint density at radius 3 is 2.29 bits per heavy atom. The van der Waals surface area contributed by atoms with E-state index in [1.54, 1.807) is 20.3 Å². The molecule has 1 fully saturated rings. The number of benzene rings is 3. The fraction of sp³-hybridized carbons (Fsp3) is 0.375. The second-order valence-electron chi connectivity index (χ2n) is 10.6. The zero-order chi connectivity index (χ0) is 26.2. The van der Waals surface area contributed by atoms with Gasteiger partial charge in [0.05, 0.1) is 26.2 Å². The first-order valence-electron chi connectivity index (χ1n) is 13.6. The van der Waals surface area contributed by atoms with E-state index in [9.17, 15) is 9.59 Å². The molecule has 6 nitrogen and oxygen atoms in total. The van der Waals surface area contributed by atoms with E-state index in [4.69, 9.17) is 9.47 Å². The molecule has 0 saturated carbocycles. The Balaban J connectivity index is 1.35. The van der Waals surface area contributed by atoms with Gasteiger partial charge in [0.2, 0.25) is 5.91 Å². The van der Waals surface area contributed by atoms with Gasteiger partial charge in [-0.3, -0.25) is 9.59 Å². The number of rotatable bonds is 5. The summed E-state index contributed by atoms with van der Waals surface area (Å²) in [6, 6.07) is 22.1. The Bertz CT molecular complexity index is 1350. The summed E-state index contributed by atoms with van der Waals surface area (Å²) in [4.78, 5) is 32.1. The van der Waals surface area contributed by atoms with E-state index < -0.39 is 5.92 Å². The lowest BCUT2D eigenvalue weighted by Crippen LogP contribution is -2.51. The van der Waals surface area contributed by atoms with Crippen LogP contribution in [0.25, 0.3) is 0 Å². The average molecular weight is 511 g/mol. The van der Waals surface area contributed by atoms with Crippen molar-refractivity contribution >= 4 is 11.8 Å². The maximum atomic E-state index is 14.4. The number of carbonyl (C=O) groups excluding carboxylic acids is 2. The molecule has 1 saturated heterocycles. The van der Waals surface area contributed by atoms with Crippen molar-refractivity contribution in [2.75, 3.05) is 33.9 Å². The van der Waals surface area contributed by atoms with Gasteiger partial charge in [-0.05, 0) is 66.0 Å². The number of nitrogens with zero attached hydrogens (tertiary/aromatic N) is 2. The fourth-order valence-corrected chi connectivity index (χ4v) is 6.62. The molecule has 3 aromatic rings. The number of hydrogen-bond donors (Lipinski definition) is 0. The van der Waals surface area contributed by atoms with Crippen LogP contribution in [-0.2, 0) is 17.6 Å². The predicted octanol–water partition coefficient (Wildman–Crippen LogP) is 5.02. The lowest BCUT2D eigenvalue weighted by atomic mass is 9.75. The largest absolute Gasteiger partial charge is 0.493 e. The molecule has 6 heteroatoms. The van der Waals surface area contributed by atoms with Crippen LogP contribution in [0.1, 0.15) is 57.4 Å². The summed E-state index contributed by atoms with van der Waals surface area (Å²) in [6.07, 6.45) is 3.79. The quantitative estimate of drug-likeness (QED) is 0.484. The Morgan fingerprint density at radius 1 is 0.868 bits per heavy atom. The van der Waals surface area contributed by atoms with E-state index in [0.29, 0.717) is 29.5 Å². The molecule has 0 spiro atoms. The highest BCUT2D eigenvalue weighted by atomic mass is 16.5. The second-order valence-corrected chi connectivity index (χ2v) is 10.6. The normalized spacial score (nSPS) is 20.8. The molecule has 0 radical (unpaired) electrons. The molecule has 2 atom stereocenters. The van der Waals surface area contributed by atoms with E-state index in [1.165, 1.54) is 11.1 Å². The van der Waals surface area contributed by atoms with Gasteiger partial charge in [0.25, 0.3) is 5.91 Å². The van der Waals surface area contributed by atoms with Crippen LogP contribution in [0.15, 0.2) is 66.7 Å². The van der Waals surface area contributed by atoms with Crippen LogP contribution in [0.4, 0.5) is 0 Å². The zero-order valence-corrected chi connectivity index (χ0v) is 22.1. The van der Waals surface area contributed by atoms with E-state index >= 15 is 0 Å². The van der Waals surface area contributed by atoms with Crippen molar-refractivity contribution in [3.8, 4) is 11.5 Å². The average Bonchev–Trinajstić information content (AvgIpc) is 2.97. The predicted molar refractivity (Wildman–Crippen MR) is 146 cm³/mol. The number of hydrogen-bond acceptors (Lipinski definition) is 4. The first kappa shape index (κ1) is 24.5. The summed E-state index contributed by atoms with van der Waals surface area (Å²) < 4.78 is 11.1. The van der Waals surface area contributed by atoms with Gasteiger partial charge in [0, 0.05) is 25.2 Å². The highest BCUT2D eigenvalue weighted by Gasteiger charge is 2.48. The number of fused-ring (bicyclic) bond motifs is 4. The summed E-state index contributed by atoms with van der Waals surface area (Å²) in [5.74, 6) is 1.16. The first-order valence-corrected chi connectivity index (χ1v) is 13.6. The Hall–Kier alpha value is -3.80. The second kappa shape index (κ2) is 10.2. The summed E-state index contributed by atoms with van der Waals surface area (Å²) in [7, 11) is 3.16. The Labute approximate surface area is 224 Å². The fourth-order valence-electron chi connectivity index (χ4n) is 6.62. The summed E-state index contributed by atoms with van der Waals surface area (Å²) >= 11 is 0. The van der Waals surface area contributed by atoms with Crippen LogP contribution < -0.4 is 9.47 Å². The molecule has 0 unspecified atom stereocenters. The van der Waals surface area contributed by atoms with Gasteiger partial charge in [0.1, 0.15) is 0 Å². The van der Waals surface area contributed by atoms with Gasteiger partial charge >= 0.3 is 0 Å². The van der Waals surface area contributed by atoms with Crippen molar-refractivity contribution in [2.45, 2.75) is 37.6 Å². The molecule has 0 bridgehead atoms. The molecular formula is C32H34N2O4. The molecule has 2 amide bonds. The highest BCUT2D eigenvalue weighted by molar-refractivity contribution is 6.02. The van der Waals surface area contributed by atoms with Gasteiger partial charge in [-0.2, -0.15) is 0 Å². The van der Waals surface area contributed by atoms with Crippen LogP contribution in [0.5, 0.6) is 11.5 Å². The number of amides is 2. The summed E-state index contributed by atoms with van der Waals surface area (Å²) in [6.45, 7) is 2.06. The highest BCUT2D eigenvalue weighted by Crippen LogP contribution is 2.49. The lowest BCUT2D eigenvalue weighted by molar-refractivity contribution is -0.136. The molecule has 6 rings (SSSR count). The van der Waals surface area contributed by atoms with Crippen LogP contribution in [0, 0.1) is 5.92 Å². The third-order valence-corrected chi connectivity index (χ3v) is 8.59. The number of likely N-dealkylation sites (tertiary alicyclic amines) is 1. The van der Waals surface area contributed by atoms with Crippen molar-refractivity contribution < 1.29 is 19.1 Å². The van der Waals surface area contributed by atoms with E-state index in [-0.39, 0.29) is 17.9 Å². The molecule has 3 aliphatic heterocycles. The van der Waals surface area contributed by atoms with Crippen molar-refractivity contribution in [1.82, 2.24) is 9.80 Å². The number of ether oxygens (including phenoxy) is 2. The number of methoxy groups -OCH3 is 2. The molecular weight excluding hydrogens is 476 g/mol. The van der Waals surface area contributed by atoms with Crippen molar-refractivity contribution in [1.29, 1.82) is 0 Å². The minimum absolute atomic E-state index is 0.0499. The monoisotopic (exact) mass is 510 g/mol. The van der Waals surface area contributed by atoms with Crippen molar-refractivity contribution in [2.24, 2.45) is 5.92 Å². The lowest BCUT2D eigenvalue weighted by Gasteiger charge is -2.47. The standard InChI is InChI=1S/C32H34N2O4/c1-37-27-19-25-26(20-28(27)38-2)31(35)34-17-14-23-10-6-7-11-24(23)30(34)29(25)32(36)33-15-12-22(13-16-33)18-21-8-4-3-5-9-21/h3-11,19-20,22,29-30H,12-18H2,1-2H3/t29-,30+/m0/s1. The van der Waals surface area contributed by atoms with Gasteiger partial charge in [0.15, 0.2) is 11.5 Å². The summed E-state index contributed by atoms with van der Waals surface area (Å²) in [5.41, 5.74) is 4.92. The molecule has 0 aliphatic carbocycles. The minimum atomic E-state index is -0.491. The van der Waals surface area contributed by atoms with E-state index in [2.05, 4.69) is 42.5 Å². The van der Waals surface area contributed by atoms with Gasteiger partial charge < -0.3 is 19.3 Å². The van der Waals surface area contributed by atoms with Gasteiger partial charge in [-0.1, -0.05) is 54.6 Å². The third kappa shape index (κ3) is 4.22. The summed E-state index contributed by atoms with van der Waals surface area (Å²) in [5, 5.41) is 0. The maximum Gasteiger partial charge on any atom is 0.254 e. The van der Waals surface area contributed by atoms with Crippen LogP contribution in [-0.4, -0.2) is 55.5 Å². The van der Waals surface area contributed by atoms with Crippen LogP contribution >= 0.6 is 0 Å². The molecule has 0 N–H and O–H groups in total. The van der Waals surface area contributed by atoms with Crippen LogP contribution in [0.3, 0.4) is 0 Å². The van der Waals surface area contributed by atoms with Crippen molar-refractivity contribution in [3.63, 3.8) is 0 Å². The van der Waals surface area contributed by atoms with E-state index in [1.807, 2.05) is 28.0 Å². The Morgan fingerprint density at radius 2 is 1.55 bits per heavy atom. The SMILES string of the molecule is COc1cc2c(cc1OC)[C@H](C(=O)N1CCC(Cc3ccccc3)CC1)[C@H]1c3ccccc3CCN1C2=O. The van der Waals surface area contributed by atoms with Crippen LogP contribution in [0.2, 0.25) is 0 Å². The maximum absolute atomic E-state index is 14.4. The number of carbonyl (C=O) groups is 2. The molecule has 3 aromatic carbocycles. The Kier molecular flexibility index (Phi) is 6.56.